The van der Waals surface area contributed by atoms with Gasteiger partial charge in [0.25, 0.3) is 0 Å². The highest BCUT2D eigenvalue weighted by molar-refractivity contribution is 5.68. The van der Waals surface area contributed by atoms with E-state index in [0.717, 1.165) is 55.2 Å². The lowest BCUT2D eigenvalue weighted by Crippen LogP contribution is -2.55. The Bertz CT molecular complexity index is 899. The van der Waals surface area contributed by atoms with Crippen LogP contribution in [-0.2, 0) is 14.3 Å². The number of esters is 1. The Labute approximate surface area is 259 Å². The minimum absolute atomic E-state index is 0.107. The zero-order chi connectivity index (χ0) is 33.4. The monoisotopic (exact) mass is 588 g/mol. The van der Waals surface area contributed by atoms with Gasteiger partial charge >= 0.3 is 5.97 Å². The largest absolute Gasteiger partial charge is 0.454 e. The summed E-state index contributed by atoms with van der Waals surface area (Å²) in [6, 6.07) is 0. The third kappa shape index (κ3) is 9.68. The average Bonchev–Trinajstić information content (AvgIpc) is 2.96. The summed E-state index contributed by atoms with van der Waals surface area (Å²) in [6.07, 6.45) is 15.3. The second kappa shape index (κ2) is 19.9. The minimum Gasteiger partial charge on any atom is -0.454 e. The summed E-state index contributed by atoms with van der Waals surface area (Å²) in [6.45, 7) is 31.1. The highest BCUT2D eigenvalue weighted by Crippen LogP contribution is 2.61. The molecule has 5 heteroatoms. The number of terminal acetylenes is 1. The molecule has 3 aliphatic carbocycles. The standard InChI is InChI=1S/C24H38O4.C8H16.C2H6.C2H2.CH2O/c1-7-8-14(2)24(28-17(5)25)13-21(27)22-18(16(24)4)9-10-19-15(3)20(26)11-12-23(19,22)6;1-5-6-8(4)7(2)3;3*1-2/h14-15,19-21,26-27H,4,7-13H2,1-3,5-6H3;7H,4-6H2,1-3H3;1-2H3;1-2H;1H2/t14?,15?,19?,20-,21-,23-,24-;;;;/m0..../s1. The zero-order valence-electron chi connectivity index (χ0n) is 28.7. The highest BCUT2D eigenvalue weighted by atomic mass is 16.6. The van der Waals surface area contributed by atoms with Gasteiger partial charge in [0.05, 0.1) is 12.2 Å². The zero-order valence-corrected chi connectivity index (χ0v) is 28.7. The third-order valence-electron chi connectivity index (χ3n) is 9.60. The molecule has 3 aliphatic rings. The van der Waals surface area contributed by atoms with Crippen LogP contribution in [-0.4, -0.2) is 40.8 Å². The normalized spacial score (nSPS) is 30.1. The molecule has 7 atom stereocenters. The van der Waals surface area contributed by atoms with Gasteiger partial charge in [0.15, 0.2) is 0 Å². The lowest BCUT2D eigenvalue weighted by Gasteiger charge is -2.57. The van der Waals surface area contributed by atoms with Crippen molar-refractivity contribution in [3.63, 3.8) is 0 Å². The van der Waals surface area contributed by atoms with Gasteiger partial charge in [0, 0.05) is 19.3 Å². The summed E-state index contributed by atoms with van der Waals surface area (Å²) in [7, 11) is 0. The summed E-state index contributed by atoms with van der Waals surface area (Å²) in [5, 5.41) is 21.8. The van der Waals surface area contributed by atoms with E-state index < -0.39 is 11.7 Å². The molecule has 0 saturated heterocycles. The van der Waals surface area contributed by atoms with E-state index in [-0.39, 0.29) is 29.3 Å². The van der Waals surface area contributed by atoms with Crippen molar-refractivity contribution in [2.75, 3.05) is 0 Å². The molecule has 5 nitrogen and oxygen atoms in total. The predicted octanol–water partition coefficient (Wildman–Crippen LogP) is 8.64. The summed E-state index contributed by atoms with van der Waals surface area (Å²) in [5.74, 6) is 1.07. The molecule has 0 aromatic carbocycles. The fourth-order valence-electron chi connectivity index (χ4n) is 7.34. The second-order valence-corrected chi connectivity index (χ2v) is 12.4. The van der Waals surface area contributed by atoms with Crippen molar-refractivity contribution in [3.8, 4) is 12.8 Å². The first-order valence-corrected chi connectivity index (χ1v) is 16.1. The average molecular weight is 589 g/mol. The quantitative estimate of drug-likeness (QED) is 0.177. The molecule has 0 amide bonds. The van der Waals surface area contributed by atoms with Crippen LogP contribution in [0.25, 0.3) is 0 Å². The first-order valence-electron chi connectivity index (χ1n) is 16.1. The van der Waals surface area contributed by atoms with Crippen molar-refractivity contribution in [2.24, 2.45) is 29.1 Å². The van der Waals surface area contributed by atoms with Gasteiger partial charge in [-0.2, -0.15) is 0 Å². The van der Waals surface area contributed by atoms with Gasteiger partial charge < -0.3 is 19.7 Å². The Morgan fingerprint density at radius 2 is 1.64 bits per heavy atom. The van der Waals surface area contributed by atoms with Crippen LogP contribution >= 0.6 is 0 Å². The first kappa shape index (κ1) is 42.0. The van der Waals surface area contributed by atoms with Gasteiger partial charge in [-0.25, -0.2) is 0 Å². The molecule has 0 aromatic heterocycles. The topological polar surface area (TPSA) is 83.8 Å². The molecule has 3 rings (SSSR count). The van der Waals surface area contributed by atoms with Gasteiger partial charge in [0.1, 0.15) is 12.4 Å². The molecule has 0 radical (unpaired) electrons. The molecular formula is C37H64O5. The van der Waals surface area contributed by atoms with Crippen LogP contribution < -0.4 is 0 Å². The maximum Gasteiger partial charge on any atom is 0.303 e. The predicted molar refractivity (Wildman–Crippen MR) is 178 cm³/mol. The van der Waals surface area contributed by atoms with Crippen LogP contribution in [0.5, 0.6) is 0 Å². The first-order chi connectivity index (χ1) is 19.8. The molecule has 3 unspecified atom stereocenters. The molecule has 0 bridgehead atoms. The van der Waals surface area contributed by atoms with Gasteiger partial charge in [-0.05, 0) is 78.4 Å². The number of carbonyl (C=O) groups is 2. The Morgan fingerprint density at radius 1 is 1.10 bits per heavy atom. The number of hydrogen-bond acceptors (Lipinski definition) is 5. The van der Waals surface area contributed by atoms with Gasteiger partial charge in [-0.3, -0.25) is 4.79 Å². The number of fused-ring (bicyclic) bond motifs is 2. The van der Waals surface area contributed by atoms with E-state index in [4.69, 9.17) is 9.53 Å². The molecular weight excluding hydrogens is 524 g/mol. The SMILES string of the molecule is C#C.C=C(CCC)C(C)C.C=C1C2=C([C@@H](O)C[C@]1(OC(C)=O)C(C)CCC)[C@@]1(C)CC[C@H](O)C(C)C1CC2.C=O.CC. The molecule has 42 heavy (non-hydrogen) atoms. The van der Waals surface area contributed by atoms with E-state index in [1.165, 1.54) is 25.3 Å². The lowest BCUT2D eigenvalue weighted by atomic mass is 9.50. The molecule has 0 heterocycles. The van der Waals surface area contributed by atoms with Crippen LogP contribution in [0.2, 0.25) is 0 Å². The molecule has 1 fully saturated rings. The summed E-state index contributed by atoms with van der Waals surface area (Å²) < 4.78 is 5.96. The number of aliphatic hydroxyl groups excluding tert-OH is 2. The van der Waals surface area contributed by atoms with E-state index in [0.29, 0.717) is 18.3 Å². The molecule has 0 aromatic rings. The molecule has 1 saturated carbocycles. The van der Waals surface area contributed by atoms with Crippen molar-refractivity contribution in [2.45, 2.75) is 145 Å². The molecule has 2 N–H and O–H groups in total. The Kier molecular flexibility index (Phi) is 19.9. The fraction of sp³-hybridized carbons (Fsp3) is 0.730. The number of allylic oxidation sites excluding steroid dienone is 1. The number of aliphatic hydroxyl groups is 2. The van der Waals surface area contributed by atoms with E-state index in [1.807, 2.05) is 20.6 Å². The Morgan fingerprint density at radius 3 is 2.07 bits per heavy atom. The van der Waals surface area contributed by atoms with Crippen LogP contribution in [0, 0.1) is 41.9 Å². The fourth-order valence-corrected chi connectivity index (χ4v) is 7.34. The molecule has 0 spiro atoms. The summed E-state index contributed by atoms with van der Waals surface area (Å²) in [4.78, 5) is 20.0. The van der Waals surface area contributed by atoms with Crippen molar-refractivity contribution >= 4 is 12.8 Å². The van der Waals surface area contributed by atoms with E-state index in [9.17, 15) is 15.0 Å². The number of ether oxygens (including phenoxy) is 1. The minimum atomic E-state index is -0.816. The van der Waals surface area contributed by atoms with Gasteiger partial charge in [-0.1, -0.05) is 93.9 Å². The number of hydrogen-bond donors (Lipinski definition) is 2. The van der Waals surface area contributed by atoms with Crippen molar-refractivity contribution in [1.29, 1.82) is 0 Å². The molecule has 242 valence electrons. The van der Waals surface area contributed by atoms with E-state index >= 15 is 0 Å². The van der Waals surface area contributed by atoms with Gasteiger partial charge in [0.2, 0.25) is 0 Å². The van der Waals surface area contributed by atoms with Crippen molar-refractivity contribution in [3.05, 3.63) is 35.5 Å². The van der Waals surface area contributed by atoms with Crippen LogP contribution in [0.1, 0.15) is 127 Å². The van der Waals surface area contributed by atoms with Crippen LogP contribution in [0.3, 0.4) is 0 Å². The van der Waals surface area contributed by atoms with Crippen molar-refractivity contribution < 1.29 is 24.5 Å². The van der Waals surface area contributed by atoms with E-state index in [2.05, 4.69) is 74.5 Å². The second-order valence-electron chi connectivity index (χ2n) is 12.4. The summed E-state index contributed by atoms with van der Waals surface area (Å²) >= 11 is 0. The smallest absolute Gasteiger partial charge is 0.303 e. The van der Waals surface area contributed by atoms with Gasteiger partial charge in [-0.15, -0.1) is 12.8 Å². The van der Waals surface area contributed by atoms with Crippen LogP contribution in [0.4, 0.5) is 0 Å². The maximum atomic E-state index is 12.0. The maximum absolute atomic E-state index is 12.0. The third-order valence-corrected chi connectivity index (χ3v) is 9.60. The molecule has 0 aliphatic heterocycles. The number of carbonyl (C=O) groups excluding carboxylic acids is 2. The van der Waals surface area contributed by atoms with E-state index in [1.54, 1.807) is 0 Å². The highest BCUT2D eigenvalue weighted by Gasteiger charge is 2.57. The lowest BCUT2D eigenvalue weighted by molar-refractivity contribution is -0.162. The number of rotatable bonds is 7. The Hall–Kier alpha value is -2.16. The summed E-state index contributed by atoms with van der Waals surface area (Å²) in [5.41, 5.74) is 3.59. The van der Waals surface area contributed by atoms with Crippen LogP contribution in [0.15, 0.2) is 35.5 Å². The van der Waals surface area contributed by atoms with Crippen molar-refractivity contribution in [1.82, 2.24) is 0 Å². The Balaban J connectivity index is 0.